The molecule has 0 bridgehead atoms. The van der Waals surface area contributed by atoms with Gasteiger partial charge in [-0.15, -0.1) is 0 Å². The lowest BCUT2D eigenvalue weighted by Gasteiger charge is -2.14. The Labute approximate surface area is 132 Å². The van der Waals surface area contributed by atoms with Gasteiger partial charge in [-0.1, -0.05) is 24.3 Å². The van der Waals surface area contributed by atoms with Crippen LogP contribution >= 0.6 is 0 Å². The van der Waals surface area contributed by atoms with Crippen LogP contribution in [0.25, 0.3) is 0 Å². The van der Waals surface area contributed by atoms with Crippen molar-refractivity contribution in [1.29, 1.82) is 5.26 Å². The van der Waals surface area contributed by atoms with Gasteiger partial charge in [0.15, 0.2) is 6.10 Å². The fraction of sp³-hybridized carbons (Fsp3) is 0.118. The molecule has 0 heterocycles. The number of rotatable bonds is 4. The lowest BCUT2D eigenvalue weighted by atomic mass is 10.2. The SMILES string of the molecule is C[C@H](OC(=O)c1ccccc1F)C(=O)Nc1ccccc1C#N. The Hall–Kier alpha value is -3.20. The maximum absolute atomic E-state index is 13.5. The molecule has 0 saturated carbocycles. The number of nitrogens with zero attached hydrogens (tertiary/aromatic N) is 1. The van der Waals surface area contributed by atoms with Crippen LogP contribution in [0.15, 0.2) is 48.5 Å². The lowest BCUT2D eigenvalue weighted by Crippen LogP contribution is -2.30. The van der Waals surface area contributed by atoms with E-state index in [4.69, 9.17) is 10.00 Å². The van der Waals surface area contributed by atoms with Gasteiger partial charge >= 0.3 is 5.97 Å². The number of nitriles is 1. The molecule has 2 rings (SSSR count). The van der Waals surface area contributed by atoms with E-state index >= 15 is 0 Å². The molecule has 116 valence electrons. The van der Waals surface area contributed by atoms with E-state index in [1.165, 1.54) is 25.1 Å². The van der Waals surface area contributed by atoms with Crippen LogP contribution < -0.4 is 5.32 Å². The van der Waals surface area contributed by atoms with Crippen molar-refractivity contribution < 1.29 is 18.7 Å². The minimum Gasteiger partial charge on any atom is -0.449 e. The third kappa shape index (κ3) is 3.92. The van der Waals surface area contributed by atoms with Gasteiger partial charge in [0.05, 0.1) is 16.8 Å². The summed E-state index contributed by atoms with van der Waals surface area (Å²) in [4.78, 5) is 23.9. The molecule has 6 heteroatoms. The molecule has 1 amide bonds. The molecule has 2 aromatic rings. The molecule has 0 aliphatic rings. The van der Waals surface area contributed by atoms with Crippen molar-refractivity contribution in [3.63, 3.8) is 0 Å². The lowest BCUT2D eigenvalue weighted by molar-refractivity contribution is -0.123. The van der Waals surface area contributed by atoms with E-state index in [9.17, 15) is 14.0 Å². The average Bonchev–Trinajstić information content (AvgIpc) is 2.55. The largest absolute Gasteiger partial charge is 0.449 e. The number of halogens is 1. The number of hydrogen-bond acceptors (Lipinski definition) is 4. The first-order valence-electron chi connectivity index (χ1n) is 6.78. The summed E-state index contributed by atoms with van der Waals surface area (Å²) in [5.74, 6) is -2.27. The van der Waals surface area contributed by atoms with Gasteiger partial charge in [-0.25, -0.2) is 9.18 Å². The van der Waals surface area contributed by atoms with Crippen molar-refractivity contribution in [3.8, 4) is 6.07 Å². The molecular weight excluding hydrogens is 299 g/mol. The van der Waals surface area contributed by atoms with Crippen LogP contribution in [0, 0.1) is 17.1 Å². The van der Waals surface area contributed by atoms with Crippen LogP contribution in [-0.4, -0.2) is 18.0 Å². The molecule has 2 aromatic carbocycles. The van der Waals surface area contributed by atoms with Crippen molar-refractivity contribution >= 4 is 17.6 Å². The molecule has 0 spiro atoms. The third-order valence-electron chi connectivity index (χ3n) is 3.05. The van der Waals surface area contributed by atoms with Crippen molar-refractivity contribution in [3.05, 3.63) is 65.5 Å². The van der Waals surface area contributed by atoms with Crippen LogP contribution in [0.4, 0.5) is 10.1 Å². The quantitative estimate of drug-likeness (QED) is 0.880. The van der Waals surface area contributed by atoms with E-state index in [2.05, 4.69) is 5.32 Å². The van der Waals surface area contributed by atoms with Gasteiger partial charge in [-0.2, -0.15) is 5.26 Å². The number of anilines is 1. The summed E-state index contributed by atoms with van der Waals surface area (Å²) in [6, 6.07) is 13.7. The standard InChI is InChI=1S/C17H13FN2O3/c1-11(23-17(22)13-7-3-4-8-14(13)18)16(21)20-15-9-5-2-6-12(15)10-19/h2-9,11H,1H3,(H,20,21)/t11-/m0/s1. The topological polar surface area (TPSA) is 79.2 Å². The normalized spacial score (nSPS) is 11.2. The average molecular weight is 312 g/mol. The fourth-order valence-electron chi connectivity index (χ4n) is 1.83. The van der Waals surface area contributed by atoms with E-state index in [1.54, 1.807) is 24.3 Å². The summed E-state index contributed by atoms with van der Waals surface area (Å²) in [5, 5.41) is 11.5. The second-order valence-corrected chi connectivity index (χ2v) is 4.67. The second kappa shape index (κ2) is 7.18. The number of nitrogens with one attached hydrogen (secondary N) is 1. The van der Waals surface area contributed by atoms with Gasteiger partial charge in [0.1, 0.15) is 11.9 Å². The molecule has 5 nitrogen and oxygen atoms in total. The number of benzene rings is 2. The van der Waals surface area contributed by atoms with Gasteiger partial charge < -0.3 is 10.1 Å². The molecular formula is C17H13FN2O3. The molecule has 0 saturated heterocycles. The second-order valence-electron chi connectivity index (χ2n) is 4.67. The van der Waals surface area contributed by atoms with E-state index in [-0.39, 0.29) is 11.1 Å². The first kappa shape index (κ1) is 16.2. The van der Waals surface area contributed by atoms with Gasteiger partial charge in [-0.3, -0.25) is 4.79 Å². The third-order valence-corrected chi connectivity index (χ3v) is 3.05. The molecule has 0 aliphatic carbocycles. The Morgan fingerprint density at radius 1 is 1.17 bits per heavy atom. The predicted octanol–water partition coefficient (Wildman–Crippen LogP) is 2.88. The summed E-state index contributed by atoms with van der Waals surface area (Å²) in [6.45, 7) is 1.36. The maximum Gasteiger partial charge on any atom is 0.341 e. The highest BCUT2D eigenvalue weighted by atomic mass is 19.1. The summed E-state index contributed by atoms with van der Waals surface area (Å²) >= 11 is 0. The van der Waals surface area contributed by atoms with E-state index < -0.39 is 23.8 Å². The van der Waals surface area contributed by atoms with Crippen LogP contribution in [-0.2, 0) is 9.53 Å². The zero-order chi connectivity index (χ0) is 16.8. The minimum atomic E-state index is -1.14. The summed E-state index contributed by atoms with van der Waals surface area (Å²) in [5.41, 5.74) is 0.354. The minimum absolute atomic E-state index is 0.246. The van der Waals surface area contributed by atoms with Gasteiger partial charge in [0, 0.05) is 0 Å². The molecule has 1 N–H and O–H groups in total. The van der Waals surface area contributed by atoms with E-state index in [1.807, 2.05) is 6.07 Å². The zero-order valence-electron chi connectivity index (χ0n) is 12.2. The Bertz CT molecular complexity index is 783. The van der Waals surface area contributed by atoms with Gasteiger partial charge in [0.25, 0.3) is 5.91 Å². The van der Waals surface area contributed by atoms with Crippen LogP contribution in [0.2, 0.25) is 0 Å². The van der Waals surface area contributed by atoms with Crippen LogP contribution in [0.5, 0.6) is 0 Å². The first-order valence-corrected chi connectivity index (χ1v) is 6.78. The fourth-order valence-corrected chi connectivity index (χ4v) is 1.83. The zero-order valence-corrected chi connectivity index (χ0v) is 12.2. The number of hydrogen-bond donors (Lipinski definition) is 1. The number of para-hydroxylation sites is 1. The Morgan fingerprint density at radius 3 is 2.52 bits per heavy atom. The maximum atomic E-state index is 13.5. The number of ether oxygens (including phenoxy) is 1. The highest BCUT2D eigenvalue weighted by Gasteiger charge is 2.21. The molecule has 0 unspecified atom stereocenters. The molecule has 1 atom stereocenters. The molecule has 23 heavy (non-hydrogen) atoms. The smallest absolute Gasteiger partial charge is 0.341 e. The van der Waals surface area contributed by atoms with Crippen molar-refractivity contribution in [2.75, 3.05) is 5.32 Å². The van der Waals surface area contributed by atoms with Crippen molar-refractivity contribution in [1.82, 2.24) is 0 Å². The number of carbonyl (C=O) groups is 2. The molecule has 0 aliphatic heterocycles. The van der Waals surface area contributed by atoms with Gasteiger partial charge in [-0.05, 0) is 31.2 Å². The Kier molecular flexibility index (Phi) is 5.05. The van der Waals surface area contributed by atoms with E-state index in [0.29, 0.717) is 5.69 Å². The summed E-state index contributed by atoms with van der Waals surface area (Å²) in [7, 11) is 0. The van der Waals surface area contributed by atoms with E-state index in [0.717, 1.165) is 6.07 Å². The number of amides is 1. The molecule has 0 radical (unpaired) electrons. The van der Waals surface area contributed by atoms with Crippen LogP contribution in [0.3, 0.4) is 0 Å². The highest BCUT2D eigenvalue weighted by Crippen LogP contribution is 2.15. The van der Waals surface area contributed by atoms with Crippen LogP contribution in [0.1, 0.15) is 22.8 Å². The molecule has 0 fully saturated rings. The Morgan fingerprint density at radius 2 is 1.83 bits per heavy atom. The summed E-state index contributed by atoms with van der Waals surface area (Å²) < 4.78 is 18.5. The monoisotopic (exact) mass is 312 g/mol. The number of esters is 1. The van der Waals surface area contributed by atoms with Crippen molar-refractivity contribution in [2.24, 2.45) is 0 Å². The van der Waals surface area contributed by atoms with Crippen molar-refractivity contribution in [2.45, 2.75) is 13.0 Å². The van der Waals surface area contributed by atoms with Gasteiger partial charge in [0.2, 0.25) is 0 Å². The first-order chi connectivity index (χ1) is 11.0. The number of carbonyl (C=O) groups excluding carboxylic acids is 2. The molecule has 0 aromatic heterocycles. The predicted molar refractivity (Wildman–Crippen MR) is 81.1 cm³/mol. The highest BCUT2D eigenvalue weighted by molar-refractivity contribution is 5.98. The summed E-state index contributed by atoms with van der Waals surface area (Å²) in [6.07, 6.45) is -1.14. The Balaban J connectivity index is 2.05.